The molecule has 1 N–H and O–H groups in total. The Morgan fingerprint density at radius 1 is 1.53 bits per heavy atom. The van der Waals surface area contributed by atoms with Crippen molar-refractivity contribution < 1.29 is 4.39 Å². The molecular weight excluding hydrogens is 215 g/mol. The molecule has 4 heteroatoms. The first-order chi connectivity index (χ1) is 7.15. The highest BCUT2D eigenvalue weighted by molar-refractivity contribution is 6.31. The minimum atomic E-state index is -0.253. The number of rotatable bonds is 4. The van der Waals surface area contributed by atoms with Crippen molar-refractivity contribution in [1.82, 2.24) is 5.32 Å². The predicted molar refractivity (Wildman–Crippen MR) is 58.1 cm³/mol. The molecule has 0 amide bonds. The normalized spacial score (nSPS) is 10.0. The summed E-state index contributed by atoms with van der Waals surface area (Å²) in [5.41, 5.74) is 1.26. The van der Waals surface area contributed by atoms with E-state index in [1.165, 1.54) is 6.07 Å². The van der Waals surface area contributed by atoms with Crippen LogP contribution in [0, 0.1) is 24.1 Å². The number of halogens is 2. The van der Waals surface area contributed by atoms with Crippen LogP contribution in [0.4, 0.5) is 4.39 Å². The lowest BCUT2D eigenvalue weighted by Crippen LogP contribution is -2.14. The quantitative estimate of drug-likeness (QED) is 0.802. The number of hydrogen-bond donors (Lipinski definition) is 1. The Morgan fingerprint density at radius 2 is 2.27 bits per heavy atom. The molecule has 0 atom stereocenters. The highest BCUT2D eigenvalue weighted by Gasteiger charge is 2.04. The van der Waals surface area contributed by atoms with Crippen molar-refractivity contribution in [3.8, 4) is 6.07 Å². The van der Waals surface area contributed by atoms with Crippen LogP contribution >= 0.6 is 11.6 Å². The molecule has 1 aromatic rings. The van der Waals surface area contributed by atoms with Gasteiger partial charge in [0, 0.05) is 24.5 Å². The van der Waals surface area contributed by atoms with Crippen LogP contribution in [0.3, 0.4) is 0 Å². The first-order valence-corrected chi connectivity index (χ1v) is 5.05. The molecule has 1 rings (SSSR count). The molecule has 0 aromatic heterocycles. The maximum atomic E-state index is 13.2. The van der Waals surface area contributed by atoms with Gasteiger partial charge in [0.1, 0.15) is 5.82 Å². The second-order valence-electron chi connectivity index (χ2n) is 3.28. The molecule has 0 saturated heterocycles. The van der Waals surface area contributed by atoms with Gasteiger partial charge in [-0.1, -0.05) is 11.6 Å². The summed E-state index contributed by atoms with van der Waals surface area (Å²) in [4.78, 5) is 0. The molecule has 0 aliphatic carbocycles. The van der Waals surface area contributed by atoms with E-state index in [1.807, 2.05) is 6.07 Å². The minimum absolute atomic E-state index is 0.253. The zero-order valence-corrected chi connectivity index (χ0v) is 9.24. The molecule has 15 heavy (non-hydrogen) atoms. The van der Waals surface area contributed by atoms with Crippen LogP contribution in [0.2, 0.25) is 5.02 Å². The summed E-state index contributed by atoms with van der Waals surface area (Å²) in [5.74, 6) is -0.253. The zero-order chi connectivity index (χ0) is 11.3. The van der Waals surface area contributed by atoms with E-state index < -0.39 is 0 Å². The number of benzene rings is 1. The molecule has 0 aliphatic heterocycles. The first-order valence-electron chi connectivity index (χ1n) is 4.67. The Morgan fingerprint density at radius 3 is 2.93 bits per heavy atom. The van der Waals surface area contributed by atoms with Gasteiger partial charge in [-0.3, -0.25) is 0 Å². The average molecular weight is 227 g/mol. The summed E-state index contributed by atoms with van der Waals surface area (Å²) in [5, 5.41) is 11.9. The maximum absolute atomic E-state index is 13.2. The van der Waals surface area contributed by atoms with Crippen LogP contribution < -0.4 is 5.32 Å². The van der Waals surface area contributed by atoms with Gasteiger partial charge in [-0.25, -0.2) is 4.39 Å². The van der Waals surface area contributed by atoms with Gasteiger partial charge in [-0.15, -0.1) is 0 Å². The van der Waals surface area contributed by atoms with Gasteiger partial charge in [0.05, 0.1) is 6.07 Å². The van der Waals surface area contributed by atoms with E-state index in [0.29, 0.717) is 30.1 Å². The number of nitrogens with zero attached hydrogens (tertiary/aromatic N) is 1. The van der Waals surface area contributed by atoms with Crippen molar-refractivity contribution in [3.63, 3.8) is 0 Å². The van der Waals surface area contributed by atoms with Crippen molar-refractivity contribution in [2.24, 2.45) is 0 Å². The fourth-order valence-electron chi connectivity index (χ4n) is 1.19. The third-order valence-corrected chi connectivity index (χ3v) is 2.41. The molecule has 2 nitrogen and oxygen atoms in total. The predicted octanol–water partition coefficient (Wildman–Crippen LogP) is 2.79. The largest absolute Gasteiger partial charge is 0.312 e. The van der Waals surface area contributed by atoms with Gasteiger partial charge >= 0.3 is 0 Å². The summed E-state index contributed by atoms with van der Waals surface area (Å²) in [6.45, 7) is 2.74. The molecular formula is C11H12ClFN2. The van der Waals surface area contributed by atoms with Crippen LogP contribution in [0.1, 0.15) is 17.5 Å². The molecule has 0 saturated carbocycles. The molecule has 1 aromatic carbocycles. The molecule has 0 spiro atoms. The standard InChI is InChI=1S/C11H12ClFN2/c1-8-5-10(12)9(6-11(8)13)7-15-4-2-3-14/h5-6,15H,2,4,7H2,1H3. The topological polar surface area (TPSA) is 35.8 Å². The number of nitriles is 1. The highest BCUT2D eigenvalue weighted by Crippen LogP contribution is 2.20. The number of nitrogens with one attached hydrogen (secondary N) is 1. The summed E-state index contributed by atoms with van der Waals surface area (Å²) < 4.78 is 13.2. The molecule has 0 fully saturated rings. The first kappa shape index (κ1) is 12.0. The van der Waals surface area contributed by atoms with E-state index in [9.17, 15) is 4.39 Å². The van der Waals surface area contributed by atoms with E-state index in [-0.39, 0.29) is 5.82 Å². The van der Waals surface area contributed by atoms with Gasteiger partial charge in [-0.05, 0) is 30.2 Å². The number of hydrogen-bond acceptors (Lipinski definition) is 2. The van der Waals surface area contributed by atoms with Crippen molar-refractivity contribution in [2.45, 2.75) is 19.9 Å². The van der Waals surface area contributed by atoms with Gasteiger partial charge in [0.25, 0.3) is 0 Å². The molecule has 0 aliphatic rings. The average Bonchev–Trinajstić information content (AvgIpc) is 2.20. The molecule has 80 valence electrons. The van der Waals surface area contributed by atoms with Crippen molar-refractivity contribution >= 4 is 11.6 Å². The van der Waals surface area contributed by atoms with Crippen molar-refractivity contribution in [2.75, 3.05) is 6.54 Å². The third-order valence-electron chi connectivity index (χ3n) is 2.06. The fourth-order valence-corrected chi connectivity index (χ4v) is 1.48. The fraction of sp³-hybridized carbons (Fsp3) is 0.364. The van der Waals surface area contributed by atoms with E-state index >= 15 is 0 Å². The minimum Gasteiger partial charge on any atom is -0.312 e. The van der Waals surface area contributed by atoms with Gasteiger partial charge < -0.3 is 5.32 Å². The van der Waals surface area contributed by atoms with Crippen molar-refractivity contribution in [3.05, 3.63) is 34.1 Å². The lowest BCUT2D eigenvalue weighted by molar-refractivity contribution is 0.612. The Balaban J connectivity index is 2.62. The third kappa shape index (κ3) is 3.50. The Bertz CT molecular complexity index is 385. The zero-order valence-electron chi connectivity index (χ0n) is 8.48. The summed E-state index contributed by atoms with van der Waals surface area (Å²) in [6.07, 6.45) is 0.436. The molecule has 0 bridgehead atoms. The van der Waals surface area contributed by atoms with E-state index in [0.717, 1.165) is 5.56 Å². The molecule has 0 unspecified atom stereocenters. The maximum Gasteiger partial charge on any atom is 0.126 e. The SMILES string of the molecule is Cc1cc(Cl)c(CNCCC#N)cc1F. The second-order valence-corrected chi connectivity index (χ2v) is 3.68. The lowest BCUT2D eigenvalue weighted by atomic mass is 10.1. The monoisotopic (exact) mass is 226 g/mol. The van der Waals surface area contributed by atoms with Crippen LogP contribution in [-0.2, 0) is 6.54 Å². The second kappa shape index (κ2) is 5.69. The van der Waals surface area contributed by atoms with Gasteiger partial charge in [0.15, 0.2) is 0 Å². The lowest BCUT2D eigenvalue weighted by Gasteiger charge is -2.07. The van der Waals surface area contributed by atoms with Crippen molar-refractivity contribution in [1.29, 1.82) is 5.26 Å². The van der Waals surface area contributed by atoms with E-state index in [4.69, 9.17) is 16.9 Å². The highest BCUT2D eigenvalue weighted by atomic mass is 35.5. The van der Waals surface area contributed by atoms with Crippen LogP contribution in [0.15, 0.2) is 12.1 Å². The molecule has 0 radical (unpaired) electrons. The number of aryl methyl sites for hydroxylation is 1. The van der Waals surface area contributed by atoms with Crippen LogP contribution in [-0.4, -0.2) is 6.54 Å². The Labute approximate surface area is 93.7 Å². The van der Waals surface area contributed by atoms with E-state index in [2.05, 4.69) is 5.32 Å². The summed E-state index contributed by atoms with van der Waals surface area (Å²) in [7, 11) is 0. The molecule has 0 heterocycles. The Kier molecular flexibility index (Phi) is 4.54. The van der Waals surface area contributed by atoms with E-state index in [1.54, 1.807) is 13.0 Å². The van der Waals surface area contributed by atoms with Crippen LogP contribution in [0.25, 0.3) is 0 Å². The summed E-state index contributed by atoms with van der Waals surface area (Å²) in [6, 6.07) is 5.06. The Hall–Kier alpha value is -1.11. The smallest absolute Gasteiger partial charge is 0.126 e. The van der Waals surface area contributed by atoms with Gasteiger partial charge in [-0.2, -0.15) is 5.26 Å². The summed E-state index contributed by atoms with van der Waals surface area (Å²) >= 11 is 5.94. The van der Waals surface area contributed by atoms with Gasteiger partial charge in [0.2, 0.25) is 0 Å². The van der Waals surface area contributed by atoms with Crippen LogP contribution in [0.5, 0.6) is 0 Å².